The monoisotopic (exact) mass is 383 g/mol. The maximum atomic E-state index is 9.36. The van der Waals surface area contributed by atoms with Crippen LogP contribution < -0.4 is 0 Å². The van der Waals surface area contributed by atoms with Crippen LogP contribution in [0.4, 0.5) is 5.69 Å². The van der Waals surface area contributed by atoms with E-state index in [9.17, 15) is 5.11 Å². The van der Waals surface area contributed by atoms with Crippen LogP contribution in [0.2, 0.25) is 0 Å². The third-order valence-electron chi connectivity index (χ3n) is 5.11. The van der Waals surface area contributed by atoms with Gasteiger partial charge in [0.05, 0.1) is 18.4 Å². The average Bonchev–Trinajstić information content (AvgIpc) is 2.89. The van der Waals surface area contributed by atoms with Gasteiger partial charge in [0.15, 0.2) is 0 Å². The minimum Gasteiger partial charge on any atom is -0.394 e. The molecule has 1 atom stereocenters. The second-order valence-electron chi connectivity index (χ2n) is 6.83. The highest BCUT2D eigenvalue weighted by Gasteiger charge is 2.26. The SMILES string of the molecule is COC(CO)CN1CCN(C2=Nc3ccccc3Sc3ccccc32)CC1. The van der Waals surface area contributed by atoms with Gasteiger partial charge in [-0.1, -0.05) is 42.1 Å². The fourth-order valence-electron chi connectivity index (χ4n) is 3.55. The zero-order chi connectivity index (χ0) is 18.6. The van der Waals surface area contributed by atoms with Crippen molar-refractivity contribution in [3.8, 4) is 0 Å². The lowest BCUT2D eigenvalue weighted by Crippen LogP contribution is -2.51. The van der Waals surface area contributed by atoms with Crippen molar-refractivity contribution in [1.29, 1.82) is 0 Å². The number of piperazine rings is 1. The van der Waals surface area contributed by atoms with Crippen molar-refractivity contribution >= 4 is 23.3 Å². The predicted octanol–water partition coefficient (Wildman–Crippen LogP) is 2.85. The summed E-state index contributed by atoms with van der Waals surface area (Å²) in [6.07, 6.45) is -0.115. The Kier molecular flexibility index (Phi) is 5.78. The quantitative estimate of drug-likeness (QED) is 0.880. The van der Waals surface area contributed by atoms with Gasteiger partial charge in [0, 0.05) is 55.2 Å². The highest BCUT2D eigenvalue weighted by molar-refractivity contribution is 7.99. The molecule has 6 heteroatoms. The summed E-state index contributed by atoms with van der Waals surface area (Å²) in [7, 11) is 1.66. The smallest absolute Gasteiger partial charge is 0.137 e. The van der Waals surface area contributed by atoms with Gasteiger partial charge in [-0.05, 0) is 18.2 Å². The molecule has 0 radical (unpaired) electrons. The van der Waals surface area contributed by atoms with Crippen LogP contribution in [-0.2, 0) is 4.74 Å². The first-order chi connectivity index (χ1) is 13.3. The lowest BCUT2D eigenvalue weighted by molar-refractivity contribution is 0.0148. The van der Waals surface area contributed by atoms with Crippen LogP contribution in [0.5, 0.6) is 0 Å². The number of hydrogen-bond donors (Lipinski definition) is 1. The Morgan fingerprint density at radius 1 is 1.04 bits per heavy atom. The van der Waals surface area contributed by atoms with Crippen LogP contribution in [-0.4, -0.2) is 73.3 Å². The van der Waals surface area contributed by atoms with Crippen LogP contribution in [0, 0.1) is 0 Å². The van der Waals surface area contributed by atoms with Gasteiger partial charge in [-0.2, -0.15) is 0 Å². The summed E-state index contributed by atoms with van der Waals surface area (Å²) in [5.74, 6) is 1.06. The number of fused-ring (bicyclic) bond motifs is 2. The molecule has 2 aromatic rings. The molecule has 27 heavy (non-hydrogen) atoms. The highest BCUT2D eigenvalue weighted by Crippen LogP contribution is 2.40. The van der Waals surface area contributed by atoms with E-state index >= 15 is 0 Å². The molecule has 4 rings (SSSR count). The topological polar surface area (TPSA) is 48.3 Å². The number of rotatable bonds is 4. The number of methoxy groups -OCH3 is 1. The minimum absolute atomic E-state index is 0.0603. The number of hydrogen-bond acceptors (Lipinski definition) is 6. The number of amidine groups is 1. The van der Waals surface area contributed by atoms with Crippen molar-refractivity contribution in [2.75, 3.05) is 46.4 Å². The Hall–Kier alpha value is -1.86. The molecule has 0 amide bonds. The lowest BCUT2D eigenvalue weighted by Gasteiger charge is -2.37. The highest BCUT2D eigenvalue weighted by atomic mass is 32.2. The molecule has 2 aliphatic heterocycles. The van der Waals surface area contributed by atoms with E-state index in [1.807, 2.05) is 6.07 Å². The second kappa shape index (κ2) is 8.44. The van der Waals surface area contributed by atoms with Gasteiger partial charge in [-0.3, -0.25) is 4.90 Å². The summed E-state index contributed by atoms with van der Waals surface area (Å²) in [5, 5.41) is 9.36. The molecule has 5 nitrogen and oxygen atoms in total. The van der Waals surface area contributed by atoms with E-state index in [1.54, 1.807) is 18.9 Å². The predicted molar refractivity (Wildman–Crippen MR) is 109 cm³/mol. The van der Waals surface area contributed by atoms with E-state index in [0.717, 1.165) is 44.2 Å². The van der Waals surface area contributed by atoms with Gasteiger partial charge in [-0.25, -0.2) is 4.99 Å². The number of ether oxygens (including phenoxy) is 1. The minimum atomic E-state index is -0.115. The summed E-state index contributed by atoms with van der Waals surface area (Å²) in [5.41, 5.74) is 2.24. The molecule has 2 aliphatic rings. The van der Waals surface area contributed by atoms with Crippen molar-refractivity contribution in [3.05, 3.63) is 54.1 Å². The number of benzene rings is 2. The molecule has 0 aliphatic carbocycles. The molecular weight excluding hydrogens is 358 g/mol. The normalized spacial score (nSPS) is 18.3. The van der Waals surface area contributed by atoms with E-state index in [0.29, 0.717) is 0 Å². The van der Waals surface area contributed by atoms with Crippen molar-refractivity contribution in [3.63, 3.8) is 0 Å². The molecule has 1 saturated heterocycles. The van der Waals surface area contributed by atoms with Gasteiger partial charge < -0.3 is 14.7 Å². The molecule has 0 bridgehead atoms. The fourth-order valence-corrected chi connectivity index (χ4v) is 4.56. The molecule has 1 N–H and O–H groups in total. The third-order valence-corrected chi connectivity index (χ3v) is 6.25. The van der Waals surface area contributed by atoms with E-state index in [4.69, 9.17) is 9.73 Å². The van der Waals surface area contributed by atoms with Crippen LogP contribution in [0.25, 0.3) is 0 Å². The Morgan fingerprint density at radius 3 is 2.48 bits per heavy atom. The first-order valence-corrected chi connectivity index (χ1v) is 10.2. The Bertz CT molecular complexity index is 815. The zero-order valence-corrected chi connectivity index (χ0v) is 16.4. The number of aliphatic hydroxyl groups is 1. The summed E-state index contributed by atoms with van der Waals surface area (Å²) in [6.45, 7) is 4.54. The van der Waals surface area contributed by atoms with Crippen molar-refractivity contribution in [2.24, 2.45) is 4.99 Å². The first kappa shape index (κ1) is 18.5. The van der Waals surface area contributed by atoms with Crippen LogP contribution >= 0.6 is 11.8 Å². The molecule has 2 heterocycles. The van der Waals surface area contributed by atoms with Crippen LogP contribution in [0.1, 0.15) is 5.56 Å². The van der Waals surface area contributed by atoms with Gasteiger partial charge in [0.2, 0.25) is 0 Å². The van der Waals surface area contributed by atoms with E-state index in [-0.39, 0.29) is 12.7 Å². The number of aliphatic hydroxyl groups excluding tert-OH is 1. The molecule has 1 fully saturated rings. The van der Waals surface area contributed by atoms with Gasteiger partial charge in [-0.15, -0.1) is 0 Å². The number of nitrogens with zero attached hydrogens (tertiary/aromatic N) is 3. The summed E-state index contributed by atoms with van der Waals surface area (Å²) in [6, 6.07) is 16.9. The fraction of sp³-hybridized carbons (Fsp3) is 0.381. The van der Waals surface area contributed by atoms with Crippen molar-refractivity contribution < 1.29 is 9.84 Å². The molecular formula is C21H25N3O2S. The van der Waals surface area contributed by atoms with Crippen LogP contribution in [0.15, 0.2) is 63.3 Å². The molecule has 142 valence electrons. The van der Waals surface area contributed by atoms with Crippen LogP contribution in [0.3, 0.4) is 0 Å². The molecule has 0 saturated carbocycles. The number of aliphatic imine (C=N–C) groups is 1. The lowest BCUT2D eigenvalue weighted by atomic mass is 10.1. The molecule has 1 unspecified atom stereocenters. The third kappa shape index (κ3) is 4.04. The summed E-state index contributed by atoms with van der Waals surface area (Å²) in [4.78, 5) is 12.3. The summed E-state index contributed by atoms with van der Waals surface area (Å²) < 4.78 is 5.32. The second-order valence-corrected chi connectivity index (χ2v) is 7.91. The van der Waals surface area contributed by atoms with E-state index in [1.165, 1.54) is 15.4 Å². The maximum absolute atomic E-state index is 9.36. The standard InChI is InChI=1S/C21H25N3O2S/c1-26-16(15-25)14-23-10-12-24(13-11-23)21-17-6-2-4-8-19(17)27-20-9-5-3-7-18(20)22-21/h2-9,16,25H,10-15H2,1H3. The Morgan fingerprint density at radius 2 is 1.74 bits per heavy atom. The van der Waals surface area contributed by atoms with Gasteiger partial charge >= 0.3 is 0 Å². The van der Waals surface area contributed by atoms with Gasteiger partial charge in [0.1, 0.15) is 5.84 Å². The largest absolute Gasteiger partial charge is 0.394 e. The Balaban J connectivity index is 1.57. The average molecular weight is 384 g/mol. The van der Waals surface area contributed by atoms with E-state index < -0.39 is 0 Å². The maximum Gasteiger partial charge on any atom is 0.137 e. The zero-order valence-electron chi connectivity index (χ0n) is 15.5. The van der Waals surface area contributed by atoms with Gasteiger partial charge in [0.25, 0.3) is 0 Å². The first-order valence-electron chi connectivity index (χ1n) is 9.34. The molecule has 0 aromatic heterocycles. The van der Waals surface area contributed by atoms with E-state index in [2.05, 4.69) is 52.3 Å². The van der Waals surface area contributed by atoms with Crippen molar-refractivity contribution in [1.82, 2.24) is 9.80 Å². The Labute approximate surface area is 164 Å². The summed E-state index contributed by atoms with van der Waals surface area (Å²) >= 11 is 1.79. The van der Waals surface area contributed by atoms with Crippen molar-refractivity contribution in [2.45, 2.75) is 15.9 Å². The molecule has 0 spiro atoms. The molecule has 2 aromatic carbocycles. The number of para-hydroxylation sites is 1.